The van der Waals surface area contributed by atoms with Gasteiger partial charge in [-0.05, 0) is 30.3 Å². The fourth-order valence-corrected chi connectivity index (χ4v) is 4.12. The van der Waals surface area contributed by atoms with Crippen molar-refractivity contribution in [1.29, 1.82) is 0 Å². The van der Waals surface area contributed by atoms with Crippen LogP contribution in [0.15, 0.2) is 59.8 Å². The monoisotopic (exact) mass is 489 g/mol. The highest BCUT2D eigenvalue weighted by atomic mass is 35.5. The number of nitrogens with zero attached hydrogens (tertiary/aromatic N) is 4. The first-order chi connectivity index (χ1) is 16.3. The van der Waals surface area contributed by atoms with E-state index in [0.29, 0.717) is 11.6 Å². The molecule has 2 heterocycles. The van der Waals surface area contributed by atoms with Crippen molar-refractivity contribution in [3.8, 4) is 0 Å². The summed E-state index contributed by atoms with van der Waals surface area (Å²) >= 11 is 6.08. The molecular weight excluding hydrogens is 467 g/mol. The van der Waals surface area contributed by atoms with E-state index in [1.54, 1.807) is 6.20 Å². The molecule has 4 rings (SSSR count). The molecule has 1 fully saturated rings. The largest absolute Gasteiger partial charge is 0.417 e. The maximum absolute atomic E-state index is 13.0. The summed E-state index contributed by atoms with van der Waals surface area (Å²) in [4.78, 5) is 21.0. The standard InChI is InChI=1S/C24H23ClF3N5O/c25-18-5-6-19-21(15-18)29-9-7-22(19)33-13-11-32(12-14-33)10-8-23(34)31-30-16-17-3-1-2-4-20(17)24(26,27)28/h1-7,9,15-16H,8,10-14H2,(H,31,34)/b30-16+. The zero-order valence-electron chi connectivity index (χ0n) is 18.2. The lowest BCUT2D eigenvalue weighted by atomic mass is 10.1. The molecule has 1 aliphatic rings. The quantitative estimate of drug-likeness (QED) is 0.407. The molecule has 0 atom stereocenters. The Morgan fingerprint density at radius 2 is 1.88 bits per heavy atom. The summed E-state index contributed by atoms with van der Waals surface area (Å²) in [7, 11) is 0. The third-order valence-corrected chi connectivity index (χ3v) is 5.94. The molecule has 0 saturated carbocycles. The summed E-state index contributed by atoms with van der Waals surface area (Å²) in [6, 6.07) is 12.8. The second kappa shape index (κ2) is 10.4. The molecule has 1 aromatic heterocycles. The van der Waals surface area contributed by atoms with Gasteiger partial charge < -0.3 is 4.90 Å². The number of rotatable bonds is 6. The molecule has 1 saturated heterocycles. The van der Waals surface area contributed by atoms with E-state index >= 15 is 0 Å². The van der Waals surface area contributed by atoms with Crippen LogP contribution >= 0.6 is 11.6 Å². The Kier molecular flexibility index (Phi) is 7.33. The zero-order valence-corrected chi connectivity index (χ0v) is 19.0. The molecule has 10 heteroatoms. The first-order valence-electron chi connectivity index (χ1n) is 10.8. The minimum Gasteiger partial charge on any atom is -0.368 e. The van der Waals surface area contributed by atoms with Gasteiger partial charge >= 0.3 is 6.18 Å². The number of benzene rings is 2. The van der Waals surface area contributed by atoms with Gasteiger partial charge in [0, 0.05) is 67.0 Å². The number of halogens is 4. The number of nitrogens with one attached hydrogen (secondary N) is 1. The highest BCUT2D eigenvalue weighted by molar-refractivity contribution is 6.31. The molecule has 1 aliphatic heterocycles. The van der Waals surface area contributed by atoms with Gasteiger partial charge in [-0.25, -0.2) is 5.43 Å². The second-order valence-corrected chi connectivity index (χ2v) is 8.38. The first kappa shape index (κ1) is 24.0. The predicted octanol–water partition coefficient (Wildman–Crippen LogP) is 4.57. The molecule has 0 spiro atoms. The topological polar surface area (TPSA) is 60.8 Å². The van der Waals surface area contributed by atoms with Crippen LogP contribution < -0.4 is 10.3 Å². The van der Waals surface area contributed by atoms with Crippen molar-refractivity contribution in [2.45, 2.75) is 12.6 Å². The van der Waals surface area contributed by atoms with Crippen molar-refractivity contribution in [3.63, 3.8) is 0 Å². The molecule has 2 aromatic carbocycles. The maximum Gasteiger partial charge on any atom is 0.417 e. The summed E-state index contributed by atoms with van der Waals surface area (Å²) in [6.07, 6.45) is -1.48. The lowest BCUT2D eigenvalue weighted by Crippen LogP contribution is -2.47. The minimum absolute atomic E-state index is 0.0997. The van der Waals surface area contributed by atoms with E-state index in [2.05, 4.69) is 25.3 Å². The van der Waals surface area contributed by atoms with Crippen molar-refractivity contribution in [1.82, 2.24) is 15.3 Å². The van der Waals surface area contributed by atoms with Crippen LogP contribution in [0.1, 0.15) is 17.5 Å². The first-order valence-corrected chi connectivity index (χ1v) is 11.2. The summed E-state index contributed by atoms with van der Waals surface area (Å²) < 4.78 is 39.1. The van der Waals surface area contributed by atoms with Gasteiger partial charge in [0.05, 0.1) is 17.3 Å². The zero-order chi connectivity index (χ0) is 24.1. The van der Waals surface area contributed by atoms with E-state index in [1.807, 2.05) is 24.3 Å². The van der Waals surface area contributed by atoms with Gasteiger partial charge in [0.2, 0.25) is 5.91 Å². The molecule has 6 nitrogen and oxygen atoms in total. The third-order valence-electron chi connectivity index (χ3n) is 5.71. The number of aromatic nitrogens is 1. The Hall–Kier alpha value is -3.17. The number of piperazine rings is 1. The third kappa shape index (κ3) is 5.84. The van der Waals surface area contributed by atoms with Crippen molar-refractivity contribution < 1.29 is 18.0 Å². The van der Waals surface area contributed by atoms with Crippen LogP contribution in [0.2, 0.25) is 5.02 Å². The normalized spacial score (nSPS) is 15.2. The number of hydrogen-bond acceptors (Lipinski definition) is 5. The Morgan fingerprint density at radius 3 is 2.65 bits per heavy atom. The average molecular weight is 490 g/mol. The van der Waals surface area contributed by atoms with Crippen molar-refractivity contribution >= 4 is 40.3 Å². The molecule has 0 unspecified atom stereocenters. The van der Waals surface area contributed by atoms with Crippen LogP contribution in [-0.4, -0.2) is 54.7 Å². The van der Waals surface area contributed by atoms with Gasteiger partial charge in [0.15, 0.2) is 0 Å². The maximum atomic E-state index is 13.0. The number of hydrogen-bond donors (Lipinski definition) is 1. The fraction of sp³-hybridized carbons (Fsp3) is 0.292. The smallest absolute Gasteiger partial charge is 0.368 e. The summed E-state index contributed by atoms with van der Waals surface area (Å²) in [5.74, 6) is -0.347. The summed E-state index contributed by atoms with van der Waals surface area (Å²) in [6.45, 7) is 3.71. The number of carbonyl (C=O) groups is 1. The molecule has 34 heavy (non-hydrogen) atoms. The van der Waals surface area contributed by atoms with Crippen molar-refractivity contribution in [3.05, 3.63) is 70.9 Å². The molecule has 0 bridgehead atoms. The van der Waals surface area contributed by atoms with E-state index in [0.717, 1.165) is 55.1 Å². The number of anilines is 1. The Labute approximate surface area is 200 Å². The Bertz CT molecular complexity index is 1190. The second-order valence-electron chi connectivity index (χ2n) is 7.95. The van der Waals surface area contributed by atoms with E-state index < -0.39 is 11.7 Å². The van der Waals surface area contributed by atoms with Crippen LogP contribution in [0.4, 0.5) is 18.9 Å². The summed E-state index contributed by atoms with van der Waals surface area (Å²) in [5, 5.41) is 5.39. The molecule has 1 amide bonds. The lowest BCUT2D eigenvalue weighted by Gasteiger charge is -2.36. The number of alkyl halides is 3. The van der Waals surface area contributed by atoms with Gasteiger partial charge in [-0.3, -0.25) is 14.7 Å². The highest BCUT2D eigenvalue weighted by Crippen LogP contribution is 2.31. The average Bonchev–Trinajstić information content (AvgIpc) is 2.82. The number of amides is 1. The molecule has 0 aliphatic carbocycles. The fourth-order valence-electron chi connectivity index (χ4n) is 3.95. The number of hydrazone groups is 1. The molecule has 0 radical (unpaired) electrons. The van der Waals surface area contributed by atoms with Gasteiger partial charge in [-0.2, -0.15) is 18.3 Å². The molecular formula is C24H23ClF3N5O. The number of carbonyl (C=O) groups excluding carboxylic acids is 1. The van der Waals surface area contributed by atoms with Crippen LogP contribution in [0.25, 0.3) is 10.9 Å². The van der Waals surface area contributed by atoms with E-state index in [9.17, 15) is 18.0 Å². The van der Waals surface area contributed by atoms with Gasteiger partial charge in [0.25, 0.3) is 0 Å². The number of fused-ring (bicyclic) bond motifs is 1. The van der Waals surface area contributed by atoms with Crippen LogP contribution in [0.3, 0.4) is 0 Å². The molecule has 3 aromatic rings. The number of pyridine rings is 1. The molecule has 178 valence electrons. The van der Waals surface area contributed by atoms with Gasteiger partial charge in [0.1, 0.15) is 0 Å². The Balaban J connectivity index is 1.26. The van der Waals surface area contributed by atoms with Crippen LogP contribution in [0, 0.1) is 0 Å². The van der Waals surface area contributed by atoms with Crippen LogP contribution in [-0.2, 0) is 11.0 Å². The van der Waals surface area contributed by atoms with Crippen molar-refractivity contribution in [2.24, 2.45) is 5.10 Å². The lowest BCUT2D eigenvalue weighted by molar-refractivity contribution is -0.137. The molecule has 1 N–H and O–H groups in total. The summed E-state index contributed by atoms with van der Waals surface area (Å²) in [5.41, 5.74) is 3.38. The Morgan fingerprint density at radius 1 is 1.12 bits per heavy atom. The van der Waals surface area contributed by atoms with Crippen molar-refractivity contribution in [2.75, 3.05) is 37.6 Å². The SMILES string of the molecule is O=C(CCN1CCN(c2ccnc3cc(Cl)ccc23)CC1)N/N=C/c1ccccc1C(F)(F)F. The highest BCUT2D eigenvalue weighted by Gasteiger charge is 2.32. The van der Waals surface area contributed by atoms with Gasteiger partial charge in [-0.1, -0.05) is 29.8 Å². The van der Waals surface area contributed by atoms with Gasteiger partial charge in [-0.15, -0.1) is 0 Å². The van der Waals surface area contributed by atoms with E-state index in [4.69, 9.17) is 11.6 Å². The van der Waals surface area contributed by atoms with Crippen LogP contribution in [0.5, 0.6) is 0 Å². The minimum atomic E-state index is -4.48. The van der Waals surface area contributed by atoms with E-state index in [-0.39, 0.29) is 17.9 Å². The van der Waals surface area contributed by atoms with E-state index in [1.165, 1.54) is 18.2 Å². The predicted molar refractivity (Wildman–Crippen MR) is 127 cm³/mol.